The summed E-state index contributed by atoms with van der Waals surface area (Å²) in [5.74, 6) is 0. The number of rotatable bonds is 10. The molecule has 0 N–H and O–H groups in total. The van der Waals surface area contributed by atoms with E-state index in [0.29, 0.717) is 30.3 Å². The number of benzene rings is 1. The third kappa shape index (κ3) is 6.03. The van der Waals surface area contributed by atoms with Crippen LogP contribution in [0.4, 0.5) is 0 Å². The third-order valence-electron chi connectivity index (χ3n) is 8.80. The highest BCUT2D eigenvalue weighted by molar-refractivity contribution is 5.18. The van der Waals surface area contributed by atoms with Crippen molar-refractivity contribution in [2.45, 2.75) is 82.3 Å². The zero-order valence-corrected chi connectivity index (χ0v) is 21.3. The first-order valence-electron chi connectivity index (χ1n) is 13.8. The largest absolute Gasteiger partial charge is 0.379 e. The van der Waals surface area contributed by atoms with Crippen molar-refractivity contribution in [3.63, 3.8) is 0 Å². The average molecular weight is 472 g/mol. The van der Waals surface area contributed by atoms with E-state index in [1.807, 2.05) is 0 Å². The van der Waals surface area contributed by atoms with Crippen molar-refractivity contribution in [2.75, 3.05) is 59.2 Å². The summed E-state index contributed by atoms with van der Waals surface area (Å²) in [5, 5.41) is 0. The summed E-state index contributed by atoms with van der Waals surface area (Å²) in [6.07, 6.45) is 7.05. The fourth-order valence-electron chi connectivity index (χ4n) is 6.58. The van der Waals surface area contributed by atoms with Crippen LogP contribution in [-0.4, -0.2) is 104 Å². The number of nitrogens with zero attached hydrogens (tertiary/aromatic N) is 3. The van der Waals surface area contributed by atoms with Gasteiger partial charge in [-0.15, -0.1) is 0 Å². The fourth-order valence-corrected chi connectivity index (χ4v) is 6.58. The Morgan fingerprint density at radius 1 is 0.824 bits per heavy atom. The Morgan fingerprint density at radius 2 is 1.56 bits per heavy atom. The normalized spacial score (nSPS) is 31.5. The summed E-state index contributed by atoms with van der Waals surface area (Å²) < 4.78 is 17.6. The second kappa shape index (κ2) is 11.8. The predicted molar refractivity (Wildman–Crippen MR) is 135 cm³/mol. The maximum Gasteiger partial charge on any atom is 0.0952 e. The lowest BCUT2D eigenvalue weighted by molar-refractivity contribution is -0.0455. The molecule has 4 fully saturated rings. The van der Waals surface area contributed by atoms with Crippen molar-refractivity contribution in [1.82, 2.24) is 14.7 Å². The van der Waals surface area contributed by atoms with Gasteiger partial charge < -0.3 is 14.2 Å². The van der Waals surface area contributed by atoms with E-state index >= 15 is 0 Å². The van der Waals surface area contributed by atoms with Crippen LogP contribution >= 0.6 is 0 Å². The molecule has 1 aromatic rings. The number of hydrogen-bond donors (Lipinski definition) is 0. The molecule has 6 unspecified atom stereocenters. The van der Waals surface area contributed by atoms with Crippen LogP contribution in [0.15, 0.2) is 30.3 Å². The molecule has 0 saturated carbocycles. The Morgan fingerprint density at radius 3 is 2.26 bits per heavy atom. The van der Waals surface area contributed by atoms with Gasteiger partial charge in [-0.05, 0) is 51.5 Å². The average Bonchev–Trinajstić information content (AvgIpc) is 3.54. The van der Waals surface area contributed by atoms with E-state index in [1.165, 1.54) is 37.7 Å². The highest BCUT2D eigenvalue weighted by Crippen LogP contribution is 2.31. The smallest absolute Gasteiger partial charge is 0.0952 e. The molecule has 4 heterocycles. The Kier molecular flexibility index (Phi) is 8.57. The van der Waals surface area contributed by atoms with Crippen molar-refractivity contribution in [3.8, 4) is 0 Å². The van der Waals surface area contributed by atoms with Crippen molar-refractivity contribution in [2.24, 2.45) is 0 Å². The molecule has 34 heavy (non-hydrogen) atoms. The van der Waals surface area contributed by atoms with Gasteiger partial charge in [-0.1, -0.05) is 30.3 Å². The highest BCUT2D eigenvalue weighted by Gasteiger charge is 2.41. The zero-order chi connectivity index (χ0) is 23.3. The molecular weight excluding hydrogens is 426 g/mol. The van der Waals surface area contributed by atoms with Crippen molar-refractivity contribution in [1.29, 1.82) is 0 Å². The van der Waals surface area contributed by atoms with Gasteiger partial charge in [-0.25, -0.2) is 0 Å². The van der Waals surface area contributed by atoms with E-state index in [2.05, 4.69) is 58.9 Å². The van der Waals surface area contributed by atoms with Crippen LogP contribution in [0.3, 0.4) is 0 Å². The number of ether oxygens (including phenoxy) is 3. The lowest BCUT2D eigenvalue weighted by Crippen LogP contribution is -2.47. The SMILES string of the molecule is CC(CCC(CCC(C)N1CC2CC1CO2)N1CCOCC1)N1CCOC(c2ccccc2)C1. The van der Waals surface area contributed by atoms with Crippen molar-refractivity contribution >= 4 is 0 Å². The van der Waals surface area contributed by atoms with Crippen LogP contribution in [0.2, 0.25) is 0 Å². The Balaban J connectivity index is 1.13. The van der Waals surface area contributed by atoms with E-state index in [-0.39, 0.29) is 6.10 Å². The lowest BCUT2D eigenvalue weighted by atomic mass is 9.97. The second-order valence-electron chi connectivity index (χ2n) is 11.0. The molecule has 2 bridgehead atoms. The molecule has 4 aliphatic heterocycles. The summed E-state index contributed by atoms with van der Waals surface area (Å²) >= 11 is 0. The first-order chi connectivity index (χ1) is 16.7. The molecule has 1 aromatic carbocycles. The summed E-state index contributed by atoms with van der Waals surface area (Å²) in [7, 11) is 0. The maximum atomic E-state index is 6.12. The molecule has 190 valence electrons. The monoisotopic (exact) mass is 471 g/mol. The number of fused-ring (bicyclic) bond motifs is 2. The Bertz CT molecular complexity index is 744. The standard InChI is InChI=1S/C28H45N3O3/c1-22(30-14-17-33-28(20-30)24-6-4-3-5-7-24)8-10-25(29-12-15-32-16-13-29)11-9-23(2)31-19-27-18-26(31)21-34-27/h3-7,22-23,25-28H,8-21H2,1-2H3. The van der Waals surface area contributed by atoms with Gasteiger partial charge in [-0.3, -0.25) is 14.7 Å². The van der Waals surface area contributed by atoms with Crippen LogP contribution in [-0.2, 0) is 14.2 Å². The minimum absolute atomic E-state index is 0.202. The van der Waals surface area contributed by atoms with Gasteiger partial charge in [0.15, 0.2) is 0 Å². The number of hydrogen-bond acceptors (Lipinski definition) is 6. The van der Waals surface area contributed by atoms with Crippen molar-refractivity contribution < 1.29 is 14.2 Å². The van der Waals surface area contributed by atoms with Gasteiger partial charge >= 0.3 is 0 Å². The molecule has 4 saturated heterocycles. The van der Waals surface area contributed by atoms with Crippen molar-refractivity contribution in [3.05, 3.63) is 35.9 Å². The summed E-state index contributed by atoms with van der Waals surface area (Å²) in [6, 6.07) is 13.3. The lowest BCUT2D eigenvalue weighted by Gasteiger charge is -2.40. The van der Waals surface area contributed by atoms with Gasteiger partial charge in [0.25, 0.3) is 0 Å². The quantitative estimate of drug-likeness (QED) is 0.519. The molecule has 6 nitrogen and oxygen atoms in total. The maximum absolute atomic E-state index is 6.12. The molecule has 6 heteroatoms. The van der Waals surface area contributed by atoms with Gasteiger partial charge in [0.05, 0.1) is 38.6 Å². The number of morpholine rings is 3. The molecule has 4 aliphatic rings. The van der Waals surface area contributed by atoms with E-state index in [9.17, 15) is 0 Å². The molecular formula is C28H45N3O3. The van der Waals surface area contributed by atoms with E-state index in [0.717, 1.165) is 59.2 Å². The van der Waals surface area contributed by atoms with E-state index in [4.69, 9.17) is 14.2 Å². The zero-order valence-electron chi connectivity index (χ0n) is 21.3. The minimum Gasteiger partial charge on any atom is -0.379 e. The number of likely N-dealkylation sites (tertiary alicyclic amines) is 1. The molecule has 0 amide bonds. The summed E-state index contributed by atoms with van der Waals surface area (Å²) in [6.45, 7) is 13.8. The molecule has 0 radical (unpaired) electrons. The van der Waals surface area contributed by atoms with E-state index in [1.54, 1.807) is 0 Å². The first kappa shape index (κ1) is 24.7. The third-order valence-corrected chi connectivity index (χ3v) is 8.80. The molecule has 6 atom stereocenters. The van der Waals surface area contributed by atoms with Crippen LogP contribution < -0.4 is 0 Å². The first-order valence-corrected chi connectivity index (χ1v) is 13.8. The Labute approximate surface area is 206 Å². The Hall–Kier alpha value is -1.02. The van der Waals surface area contributed by atoms with Gasteiger partial charge in [0, 0.05) is 56.9 Å². The van der Waals surface area contributed by atoms with Crippen LogP contribution in [0.5, 0.6) is 0 Å². The predicted octanol–water partition coefficient (Wildman–Crippen LogP) is 3.57. The molecule has 5 rings (SSSR count). The fraction of sp³-hybridized carbons (Fsp3) is 0.786. The molecule has 0 aliphatic carbocycles. The van der Waals surface area contributed by atoms with Gasteiger partial charge in [0.1, 0.15) is 0 Å². The topological polar surface area (TPSA) is 37.4 Å². The molecule has 0 aromatic heterocycles. The van der Waals surface area contributed by atoms with Crippen LogP contribution in [0.1, 0.15) is 57.6 Å². The minimum atomic E-state index is 0.202. The molecule has 0 spiro atoms. The second-order valence-corrected chi connectivity index (χ2v) is 11.0. The van der Waals surface area contributed by atoms with Gasteiger partial charge in [0.2, 0.25) is 0 Å². The van der Waals surface area contributed by atoms with E-state index < -0.39 is 0 Å². The van der Waals surface area contributed by atoms with Crippen LogP contribution in [0.25, 0.3) is 0 Å². The van der Waals surface area contributed by atoms with Gasteiger partial charge in [-0.2, -0.15) is 0 Å². The summed E-state index contributed by atoms with van der Waals surface area (Å²) in [5.41, 5.74) is 1.31. The van der Waals surface area contributed by atoms with Crippen LogP contribution in [0, 0.1) is 0 Å². The summed E-state index contributed by atoms with van der Waals surface area (Å²) in [4.78, 5) is 8.10. The highest BCUT2D eigenvalue weighted by atomic mass is 16.5.